The summed E-state index contributed by atoms with van der Waals surface area (Å²) in [7, 11) is -2.00. The molecule has 3 rings (SSSR count). The zero-order valence-corrected chi connectivity index (χ0v) is 17.3. The fraction of sp³-hybridized carbons (Fsp3) is 0.429. The van der Waals surface area contributed by atoms with Crippen molar-refractivity contribution in [3.8, 4) is 5.75 Å². The summed E-state index contributed by atoms with van der Waals surface area (Å²) in [4.78, 5) is 2.60. The molecule has 1 heterocycles. The number of methoxy groups -OCH3 is 1. The minimum absolute atomic E-state index is 0.257. The first-order valence-electron chi connectivity index (χ1n) is 9.56. The molecule has 0 atom stereocenters. The molecule has 2 aromatic carbocycles. The highest BCUT2D eigenvalue weighted by Gasteiger charge is 2.16. The molecule has 28 heavy (non-hydrogen) atoms. The van der Waals surface area contributed by atoms with E-state index in [1.165, 1.54) is 5.56 Å². The van der Waals surface area contributed by atoms with Crippen molar-refractivity contribution in [1.29, 1.82) is 0 Å². The van der Waals surface area contributed by atoms with E-state index in [2.05, 4.69) is 21.8 Å². The first-order chi connectivity index (χ1) is 13.5. The Labute approximate surface area is 167 Å². The maximum absolute atomic E-state index is 12.7. The number of aryl methyl sites for hydroxylation is 1. The van der Waals surface area contributed by atoms with Gasteiger partial charge in [0, 0.05) is 26.2 Å². The molecular formula is C21H28N2O4S. The molecule has 1 fully saturated rings. The second-order valence-electron chi connectivity index (χ2n) is 6.86. The SMILES string of the molecule is CCc1cc(S(=O)(=O)NCc2cccc(CN3CCOCC3)c2)ccc1OC. The maximum atomic E-state index is 12.7. The predicted octanol–water partition coefficient (Wildman–Crippen LogP) is 2.57. The average Bonchev–Trinajstić information content (AvgIpc) is 2.73. The largest absolute Gasteiger partial charge is 0.496 e. The second kappa shape index (κ2) is 9.52. The van der Waals surface area contributed by atoms with Crippen LogP contribution in [0.3, 0.4) is 0 Å². The highest BCUT2D eigenvalue weighted by molar-refractivity contribution is 7.89. The summed E-state index contributed by atoms with van der Waals surface area (Å²) in [5.74, 6) is 0.706. The Morgan fingerprint density at radius 2 is 1.86 bits per heavy atom. The molecule has 152 valence electrons. The number of hydrogen-bond acceptors (Lipinski definition) is 5. The van der Waals surface area contributed by atoms with Gasteiger partial charge in [-0.1, -0.05) is 31.2 Å². The Morgan fingerprint density at radius 1 is 1.11 bits per heavy atom. The number of benzene rings is 2. The standard InChI is InChI=1S/C21H28N2O4S/c1-3-19-14-20(7-8-21(19)26-2)28(24,25)22-15-17-5-4-6-18(13-17)16-23-9-11-27-12-10-23/h4-8,13-14,22H,3,9-12,15-16H2,1-2H3. The van der Waals surface area contributed by atoms with Crippen molar-refractivity contribution in [1.82, 2.24) is 9.62 Å². The van der Waals surface area contributed by atoms with Crippen LogP contribution in [-0.4, -0.2) is 46.7 Å². The van der Waals surface area contributed by atoms with Crippen LogP contribution >= 0.6 is 0 Å². The highest BCUT2D eigenvalue weighted by atomic mass is 32.2. The minimum atomic E-state index is -3.59. The van der Waals surface area contributed by atoms with Gasteiger partial charge >= 0.3 is 0 Å². The molecule has 1 N–H and O–H groups in total. The van der Waals surface area contributed by atoms with Crippen molar-refractivity contribution in [3.63, 3.8) is 0 Å². The van der Waals surface area contributed by atoms with Crippen molar-refractivity contribution in [2.45, 2.75) is 31.3 Å². The smallest absolute Gasteiger partial charge is 0.240 e. The van der Waals surface area contributed by atoms with Crippen LogP contribution in [0, 0.1) is 0 Å². The lowest BCUT2D eigenvalue weighted by Gasteiger charge is -2.26. The molecular weight excluding hydrogens is 376 g/mol. The lowest BCUT2D eigenvalue weighted by molar-refractivity contribution is 0.0342. The molecule has 0 saturated carbocycles. The van der Waals surface area contributed by atoms with Gasteiger partial charge < -0.3 is 9.47 Å². The van der Waals surface area contributed by atoms with Gasteiger partial charge in [0.25, 0.3) is 0 Å². The van der Waals surface area contributed by atoms with Gasteiger partial charge in [-0.25, -0.2) is 13.1 Å². The van der Waals surface area contributed by atoms with E-state index >= 15 is 0 Å². The number of sulfonamides is 1. The summed E-state index contributed by atoms with van der Waals surface area (Å²) in [5.41, 5.74) is 2.99. The molecule has 0 amide bonds. The lowest BCUT2D eigenvalue weighted by atomic mass is 10.1. The molecule has 1 aliphatic heterocycles. The van der Waals surface area contributed by atoms with Gasteiger partial charge in [0.2, 0.25) is 10.0 Å². The Kier molecular flexibility index (Phi) is 7.07. The van der Waals surface area contributed by atoms with Gasteiger partial charge in [-0.2, -0.15) is 0 Å². The Balaban J connectivity index is 1.66. The Morgan fingerprint density at radius 3 is 2.57 bits per heavy atom. The van der Waals surface area contributed by atoms with Gasteiger partial charge in [-0.3, -0.25) is 4.90 Å². The number of hydrogen-bond donors (Lipinski definition) is 1. The van der Waals surface area contributed by atoms with Crippen LogP contribution in [-0.2, 0) is 34.3 Å². The molecule has 1 saturated heterocycles. The normalized spacial score (nSPS) is 15.5. The summed E-state index contributed by atoms with van der Waals surface area (Å²) in [5, 5.41) is 0. The summed E-state index contributed by atoms with van der Waals surface area (Å²) in [6, 6.07) is 13.0. The predicted molar refractivity (Wildman–Crippen MR) is 109 cm³/mol. The molecule has 7 heteroatoms. The molecule has 0 radical (unpaired) electrons. The number of morpholine rings is 1. The van der Waals surface area contributed by atoms with Crippen molar-refractivity contribution in [2.75, 3.05) is 33.4 Å². The fourth-order valence-corrected chi connectivity index (χ4v) is 4.38. The van der Waals surface area contributed by atoms with Crippen LogP contribution in [0.1, 0.15) is 23.6 Å². The van der Waals surface area contributed by atoms with Crippen LogP contribution in [0.5, 0.6) is 5.75 Å². The Hall–Kier alpha value is -1.93. The molecule has 0 bridgehead atoms. The van der Waals surface area contributed by atoms with Crippen LogP contribution < -0.4 is 9.46 Å². The van der Waals surface area contributed by atoms with Crippen LogP contribution in [0.15, 0.2) is 47.4 Å². The van der Waals surface area contributed by atoms with Gasteiger partial charge in [0.05, 0.1) is 25.2 Å². The van der Waals surface area contributed by atoms with Crippen LogP contribution in [0.2, 0.25) is 0 Å². The first kappa shape index (κ1) is 20.8. The van der Waals surface area contributed by atoms with Crippen LogP contribution in [0.25, 0.3) is 0 Å². The first-order valence-corrected chi connectivity index (χ1v) is 11.0. The third-order valence-electron chi connectivity index (χ3n) is 4.91. The van der Waals surface area contributed by atoms with Crippen molar-refractivity contribution < 1.29 is 17.9 Å². The van der Waals surface area contributed by atoms with Crippen molar-refractivity contribution in [2.24, 2.45) is 0 Å². The Bertz CT molecular complexity index is 893. The van der Waals surface area contributed by atoms with E-state index in [1.807, 2.05) is 19.1 Å². The van der Waals surface area contributed by atoms with Crippen LogP contribution in [0.4, 0.5) is 0 Å². The average molecular weight is 405 g/mol. The molecule has 1 aliphatic rings. The lowest BCUT2D eigenvalue weighted by Crippen LogP contribution is -2.35. The third-order valence-corrected chi connectivity index (χ3v) is 6.31. The number of ether oxygens (including phenoxy) is 2. The molecule has 0 aromatic heterocycles. The summed E-state index contributed by atoms with van der Waals surface area (Å²) in [6.45, 7) is 6.46. The topological polar surface area (TPSA) is 67.9 Å². The fourth-order valence-electron chi connectivity index (χ4n) is 3.32. The summed E-state index contributed by atoms with van der Waals surface area (Å²) in [6.07, 6.45) is 0.704. The molecule has 2 aromatic rings. The maximum Gasteiger partial charge on any atom is 0.240 e. The van der Waals surface area contributed by atoms with E-state index < -0.39 is 10.0 Å². The second-order valence-corrected chi connectivity index (χ2v) is 8.63. The van der Waals surface area contributed by atoms with Crippen molar-refractivity contribution in [3.05, 3.63) is 59.2 Å². The van der Waals surface area contributed by atoms with Gasteiger partial charge in [-0.15, -0.1) is 0 Å². The van der Waals surface area contributed by atoms with E-state index in [9.17, 15) is 8.42 Å². The monoisotopic (exact) mass is 404 g/mol. The van der Waals surface area contributed by atoms with Gasteiger partial charge in [0.15, 0.2) is 0 Å². The zero-order valence-electron chi connectivity index (χ0n) is 16.5. The summed E-state index contributed by atoms with van der Waals surface area (Å²) < 4.78 is 38.8. The summed E-state index contributed by atoms with van der Waals surface area (Å²) >= 11 is 0. The van der Waals surface area contributed by atoms with Gasteiger partial charge in [0.1, 0.15) is 5.75 Å². The number of nitrogens with zero attached hydrogens (tertiary/aromatic N) is 1. The third kappa shape index (κ3) is 5.32. The van der Waals surface area contributed by atoms with E-state index in [-0.39, 0.29) is 11.4 Å². The quantitative estimate of drug-likeness (QED) is 0.732. The van der Waals surface area contributed by atoms with E-state index in [1.54, 1.807) is 25.3 Å². The molecule has 0 aliphatic carbocycles. The number of nitrogens with one attached hydrogen (secondary N) is 1. The van der Waals surface area contributed by atoms with E-state index in [0.29, 0.717) is 12.2 Å². The molecule has 0 spiro atoms. The minimum Gasteiger partial charge on any atom is -0.496 e. The van der Waals surface area contributed by atoms with Gasteiger partial charge in [-0.05, 0) is 41.3 Å². The molecule has 0 unspecified atom stereocenters. The number of rotatable bonds is 8. The molecule has 6 nitrogen and oxygen atoms in total. The van der Waals surface area contributed by atoms with E-state index in [0.717, 1.165) is 44.0 Å². The zero-order chi connectivity index (χ0) is 20.0. The van der Waals surface area contributed by atoms with E-state index in [4.69, 9.17) is 9.47 Å². The van der Waals surface area contributed by atoms with Crippen molar-refractivity contribution >= 4 is 10.0 Å². The highest BCUT2D eigenvalue weighted by Crippen LogP contribution is 2.23.